The molecule has 0 radical (unpaired) electrons. The number of carbonyl (C=O) groups excluding carboxylic acids is 1. The van der Waals surface area contributed by atoms with E-state index >= 15 is 0 Å². The molecule has 0 aliphatic carbocycles. The largest absolute Gasteiger partial charge is 0.289 e. The van der Waals surface area contributed by atoms with Crippen LogP contribution in [0.15, 0.2) is 54.9 Å². The first-order valence-electron chi connectivity index (χ1n) is 5.42. The van der Waals surface area contributed by atoms with Gasteiger partial charge in [0.15, 0.2) is 5.78 Å². The first-order chi connectivity index (χ1) is 8.79. The lowest BCUT2D eigenvalue weighted by Crippen LogP contribution is -1.94. The average Bonchev–Trinajstić information content (AvgIpc) is 2.46. The Morgan fingerprint density at radius 2 is 2.17 bits per heavy atom. The number of nitriles is 1. The van der Waals surface area contributed by atoms with Gasteiger partial charge in [-0.15, -0.1) is 0 Å². The van der Waals surface area contributed by atoms with Gasteiger partial charge in [-0.05, 0) is 35.9 Å². The lowest BCUT2D eigenvalue weighted by molar-refractivity contribution is 0.104. The summed E-state index contributed by atoms with van der Waals surface area (Å²) in [6, 6.07) is 12.3. The molecule has 0 amide bonds. The van der Waals surface area contributed by atoms with Crippen molar-refractivity contribution in [3.05, 3.63) is 71.6 Å². The standard InChI is InChI=1S/C15H10N2O/c16-10-13-3-1-5-14(9-13)15(18)7-6-12-4-2-8-17-11-12/h1-9,11H/b7-6-. The molecule has 0 bridgehead atoms. The van der Waals surface area contributed by atoms with E-state index in [0.29, 0.717) is 11.1 Å². The summed E-state index contributed by atoms with van der Waals surface area (Å²) < 4.78 is 0. The Morgan fingerprint density at radius 1 is 1.28 bits per heavy atom. The van der Waals surface area contributed by atoms with Crippen molar-refractivity contribution in [3.8, 4) is 6.07 Å². The molecule has 0 saturated heterocycles. The first-order valence-corrected chi connectivity index (χ1v) is 5.42. The zero-order chi connectivity index (χ0) is 12.8. The van der Waals surface area contributed by atoms with Crippen molar-refractivity contribution in [1.82, 2.24) is 4.98 Å². The van der Waals surface area contributed by atoms with E-state index in [4.69, 9.17) is 5.26 Å². The molecule has 86 valence electrons. The maximum atomic E-state index is 11.9. The summed E-state index contributed by atoms with van der Waals surface area (Å²) in [5.41, 5.74) is 1.85. The molecular formula is C15H10N2O. The van der Waals surface area contributed by atoms with Crippen LogP contribution in [0.2, 0.25) is 0 Å². The van der Waals surface area contributed by atoms with Crippen molar-refractivity contribution >= 4 is 11.9 Å². The van der Waals surface area contributed by atoms with E-state index in [2.05, 4.69) is 4.98 Å². The van der Waals surface area contributed by atoms with Gasteiger partial charge in [0.05, 0.1) is 11.6 Å². The minimum absolute atomic E-state index is 0.129. The fraction of sp³-hybridized carbons (Fsp3) is 0. The van der Waals surface area contributed by atoms with E-state index in [9.17, 15) is 4.79 Å². The third kappa shape index (κ3) is 2.89. The van der Waals surface area contributed by atoms with Gasteiger partial charge in [-0.1, -0.05) is 18.2 Å². The number of ketones is 1. The second-order valence-corrected chi connectivity index (χ2v) is 3.68. The molecule has 0 fully saturated rings. The molecule has 2 aromatic rings. The van der Waals surface area contributed by atoms with Crippen molar-refractivity contribution in [2.45, 2.75) is 0 Å². The third-order valence-corrected chi connectivity index (χ3v) is 2.39. The lowest BCUT2D eigenvalue weighted by Gasteiger charge is -1.96. The van der Waals surface area contributed by atoms with Crippen LogP contribution in [0, 0.1) is 11.3 Å². The SMILES string of the molecule is N#Cc1cccc(C(=O)/C=C\c2cccnc2)c1. The number of rotatable bonds is 3. The predicted molar refractivity (Wildman–Crippen MR) is 68.8 cm³/mol. The van der Waals surface area contributed by atoms with Crippen LogP contribution in [0.5, 0.6) is 0 Å². The summed E-state index contributed by atoms with van der Waals surface area (Å²) in [5.74, 6) is -0.129. The van der Waals surface area contributed by atoms with Crippen molar-refractivity contribution in [2.24, 2.45) is 0 Å². The number of pyridine rings is 1. The van der Waals surface area contributed by atoms with Gasteiger partial charge in [0.2, 0.25) is 0 Å². The zero-order valence-electron chi connectivity index (χ0n) is 9.58. The minimum atomic E-state index is -0.129. The number of carbonyl (C=O) groups is 1. The third-order valence-electron chi connectivity index (χ3n) is 2.39. The number of nitrogens with zero attached hydrogens (tertiary/aromatic N) is 2. The molecule has 0 saturated carbocycles. The molecule has 0 N–H and O–H groups in total. The normalized spacial score (nSPS) is 10.2. The molecule has 0 aliphatic rings. The Labute approximate surface area is 105 Å². The van der Waals surface area contributed by atoms with Crippen molar-refractivity contribution in [3.63, 3.8) is 0 Å². The molecule has 1 heterocycles. The average molecular weight is 234 g/mol. The molecule has 0 spiro atoms. The van der Waals surface area contributed by atoms with Crippen LogP contribution in [0.4, 0.5) is 0 Å². The van der Waals surface area contributed by atoms with Crippen molar-refractivity contribution < 1.29 is 4.79 Å². The summed E-state index contributed by atoms with van der Waals surface area (Å²) in [7, 11) is 0. The second-order valence-electron chi connectivity index (χ2n) is 3.68. The molecule has 18 heavy (non-hydrogen) atoms. The van der Waals surface area contributed by atoms with E-state index in [1.54, 1.807) is 48.8 Å². The van der Waals surface area contributed by atoms with E-state index in [0.717, 1.165) is 5.56 Å². The molecule has 2 rings (SSSR count). The fourth-order valence-corrected chi connectivity index (χ4v) is 1.48. The van der Waals surface area contributed by atoms with Crippen LogP contribution < -0.4 is 0 Å². The quantitative estimate of drug-likeness (QED) is 0.606. The van der Waals surface area contributed by atoms with E-state index in [-0.39, 0.29) is 5.78 Å². The number of hydrogen-bond acceptors (Lipinski definition) is 3. The highest BCUT2D eigenvalue weighted by Gasteiger charge is 2.02. The molecule has 0 unspecified atom stereocenters. The highest BCUT2D eigenvalue weighted by molar-refractivity contribution is 6.06. The van der Waals surface area contributed by atoms with Gasteiger partial charge in [-0.3, -0.25) is 9.78 Å². The monoisotopic (exact) mass is 234 g/mol. The van der Waals surface area contributed by atoms with Gasteiger partial charge < -0.3 is 0 Å². The van der Waals surface area contributed by atoms with Gasteiger partial charge in [0.1, 0.15) is 0 Å². The lowest BCUT2D eigenvalue weighted by atomic mass is 10.1. The van der Waals surface area contributed by atoms with Gasteiger partial charge in [0.25, 0.3) is 0 Å². The highest BCUT2D eigenvalue weighted by atomic mass is 16.1. The molecule has 0 aliphatic heterocycles. The summed E-state index contributed by atoms with van der Waals surface area (Å²) in [5, 5.41) is 8.76. The molecular weight excluding hydrogens is 224 g/mol. The van der Waals surface area contributed by atoms with Crippen LogP contribution in [-0.4, -0.2) is 10.8 Å². The number of benzene rings is 1. The van der Waals surface area contributed by atoms with Gasteiger partial charge in [0, 0.05) is 18.0 Å². The van der Waals surface area contributed by atoms with Gasteiger partial charge in [-0.2, -0.15) is 5.26 Å². The van der Waals surface area contributed by atoms with Gasteiger partial charge >= 0.3 is 0 Å². The minimum Gasteiger partial charge on any atom is -0.289 e. The number of hydrogen-bond donors (Lipinski definition) is 0. The summed E-state index contributed by atoms with van der Waals surface area (Å²) >= 11 is 0. The van der Waals surface area contributed by atoms with Crippen LogP contribution in [0.25, 0.3) is 6.08 Å². The fourth-order valence-electron chi connectivity index (χ4n) is 1.48. The Morgan fingerprint density at radius 3 is 2.89 bits per heavy atom. The van der Waals surface area contributed by atoms with Crippen LogP contribution in [0.3, 0.4) is 0 Å². The number of allylic oxidation sites excluding steroid dienone is 1. The molecule has 1 aromatic heterocycles. The van der Waals surface area contributed by atoms with Crippen LogP contribution in [0.1, 0.15) is 21.5 Å². The van der Waals surface area contributed by atoms with Crippen LogP contribution >= 0.6 is 0 Å². The zero-order valence-corrected chi connectivity index (χ0v) is 9.58. The van der Waals surface area contributed by atoms with E-state index in [1.165, 1.54) is 6.08 Å². The Kier molecular flexibility index (Phi) is 3.62. The number of aromatic nitrogens is 1. The second kappa shape index (κ2) is 5.55. The Balaban J connectivity index is 2.18. The van der Waals surface area contributed by atoms with E-state index in [1.807, 2.05) is 12.1 Å². The first kappa shape index (κ1) is 11.7. The smallest absolute Gasteiger partial charge is 0.185 e. The highest BCUT2D eigenvalue weighted by Crippen LogP contribution is 2.07. The van der Waals surface area contributed by atoms with Gasteiger partial charge in [-0.25, -0.2) is 0 Å². The van der Waals surface area contributed by atoms with Crippen molar-refractivity contribution in [1.29, 1.82) is 5.26 Å². The Bertz CT molecular complexity index is 624. The maximum Gasteiger partial charge on any atom is 0.185 e. The van der Waals surface area contributed by atoms with E-state index < -0.39 is 0 Å². The molecule has 0 atom stereocenters. The summed E-state index contributed by atoms with van der Waals surface area (Å²) in [4.78, 5) is 15.8. The van der Waals surface area contributed by atoms with Crippen molar-refractivity contribution in [2.75, 3.05) is 0 Å². The van der Waals surface area contributed by atoms with Crippen LogP contribution in [-0.2, 0) is 0 Å². The molecule has 1 aromatic carbocycles. The topological polar surface area (TPSA) is 53.8 Å². The maximum absolute atomic E-state index is 11.9. The molecule has 3 nitrogen and oxygen atoms in total. The Hall–Kier alpha value is -2.73. The summed E-state index contributed by atoms with van der Waals surface area (Å²) in [6.45, 7) is 0. The molecule has 3 heteroatoms. The summed E-state index contributed by atoms with van der Waals surface area (Å²) in [6.07, 6.45) is 6.53. The predicted octanol–water partition coefficient (Wildman–Crippen LogP) is 2.85.